The highest BCUT2D eigenvalue weighted by Crippen LogP contribution is 2.25. The van der Waals surface area contributed by atoms with E-state index in [2.05, 4.69) is 21.2 Å². The van der Waals surface area contributed by atoms with Crippen LogP contribution in [0.3, 0.4) is 0 Å². The second kappa shape index (κ2) is 4.94. The molecule has 1 aromatic rings. The third kappa shape index (κ3) is 2.93. The minimum absolute atomic E-state index is 0.247. The third-order valence-corrected chi connectivity index (χ3v) is 2.93. The number of hydrogen-bond donors (Lipinski definition) is 1. The number of nitrogens with one attached hydrogen (secondary N) is 1. The van der Waals surface area contributed by atoms with E-state index in [0.29, 0.717) is 17.0 Å². The summed E-state index contributed by atoms with van der Waals surface area (Å²) < 4.78 is 14.0. The van der Waals surface area contributed by atoms with Crippen molar-refractivity contribution in [2.75, 3.05) is 13.6 Å². The summed E-state index contributed by atoms with van der Waals surface area (Å²) in [5, 5.41) is 3.37. The first-order valence-corrected chi connectivity index (χ1v) is 5.10. The molecule has 0 aromatic heterocycles. The fourth-order valence-corrected chi connectivity index (χ4v) is 1.56. The quantitative estimate of drug-likeness (QED) is 0.829. The van der Waals surface area contributed by atoms with Crippen molar-refractivity contribution in [1.29, 1.82) is 0 Å². The zero-order chi connectivity index (χ0) is 9.84. The van der Waals surface area contributed by atoms with E-state index in [9.17, 15) is 4.39 Å². The highest BCUT2D eigenvalue weighted by molar-refractivity contribution is 9.10. The van der Waals surface area contributed by atoms with Crippen molar-refractivity contribution >= 4 is 27.5 Å². The van der Waals surface area contributed by atoms with Gasteiger partial charge in [-0.05, 0) is 53.6 Å². The van der Waals surface area contributed by atoms with E-state index in [1.165, 1.54) is 6.07 Å². The fraction of sp³-hybridized carbons (Fsp3) is 0.333. The maximum Gasteiger partial charge on any atom is 0.128 e. The Morgan fingerprint density at radius 1 is 1.54 bits per heavy atom. The average Bonchev–Trinajstić information content (AvgIpc) is 2.09. The average molecular weight is 267 g/mol. The predicted molar refractivity (Wildman–Crippen MR) is 56.7 cm³/mol. The van der Waals surface area contributed by atoms with Gasteiger partial charge < -0.3 is 5.32 Å². The SMILES string of the molecule is CNCCc1cc(Br)c(Cl)cc1F. The largest absolute Gasteiger partial charge is 0.319 e. The summed E-state index contributed by atoms with van der Waals surface area (Å²) in [6.45, 7) is 0.755. The molecule has 0 aliphatic carbocycles. The van der Waals surface area contributed by atoms with Crippen LogP contribution in [-0.4, -0.2) is 13.6 Å². The Labute approximate surface area is 90.4 Å². The van der Waals surface area contributed by atoms with Gasteiger partial charge in [0.25, 0.3) is 0 Å². The Morgan fingerprint density at radius 2 is 2.23 bits per heavy atom. The van der Waals surface area contributed by atoms with E-state index < -0.39 is 0 Å². The van der Waals surface area contributed by atoms with Gasteiger partial charge >= 0.3 is 0 Å². The van der Waals surface area contributed by atoms with Crippen molar-refractivity contribution in [1.82, 2.24) is 5.32 Å². The second-order valence-corrected chi connectivity index (χ2v) is 3.97. The van der Waals surface area contributed by atoms with E-state index in [1.807, 2.05) is 7.05 Å². The summed E-state index contributed by atoms with van der Waals surface area (Å²) in [6.07, 6.45) is 0.665. The molecule has 13 heavy (non-hydrogen) atoms. The molecule has 0 amide bonds. The number of benzene rings is 1. The third-order valence-electron chi connectivity index (χ3n) is 1.73. The molecule has 4 heteroatoms. The summed E-state index contributed by atoms with van der Waals surface area (Å²) in [5.41, 5.74) is 0.672. The molecule has 0 heterocycles. The van der Waals surface area contributed by atoms with Crippen molar-refractivity contribution in [2.45, 2.75) is 6.42 Å². The highest BCUT2D eigenvalue weighted by atomic mass is 79.9. The van der Waals surface area contributed by atoms with Gasteiger partial charge in [0, 0.05) is 4.47 Å². The molecule has 0 aliphatic rings. The number of hydrogen-bond acceptors (Lipinski definition) is 1. The topological polar surface area (TPSA) is 12.0 Å². The van der Waals surface area contributed by atoms with Crippen LogP contribution in [0.1, 0.15) is 5.56 Å². The van der Waals surface area contributed by atoms with Crippen molar-refractivity contribution in [2.24, 2.45) is 0 Å². The zero-order valence-corrected chi connectivity index (χ0v) is 9.54. The minimum Gasteiger partial charge on any atom is -0.319 e. The Hall–Kier alpha value is -0.120. The lowest BCUT2D eigenvalue weighted by atomic mass is 10.1. The highest BCUT2D eigenvalue weighted by Gasteiger charge is 2.05. The normalized spacial score (nSPS) is 10.5. The molecule has 0 unspecified atom stereocenters. The van der Waals surface area contributed by atoms with Crippen LogP contribution in [0.25, 0.3) is 0 Å². The van der Waals surface area contributed by atoms with E-state index in [0.717, 1.165) is 11.0 Å². The van der Waals surface area contributed by atoms with E-state index in [4.69, 9.17) is 11.6 Å². The molecule has 0 aliphatic heterocycles. The Bertz CT molecular complexity index is 304. The smallest absolute Gasteiger partial charge is 0.128 e. The van der Waals surface area contributed by atoms with Crippen molar-refractivity contribution < 1.29 is 4.39 Å². The molecule has 0 saturated carbocycles. The van der Waals surface area contributed by atoms with Gasteiger partial charge in [-0.2, -0.15) is 0 Å². The Balaban J connectivity index is 2.88. The summed E-state index contributed by atoms with van der Waals surface area (Å²) in [4.78, 5) is 0. The standard InChI is InChI=1S/C9H10BrClFN/c1-13-3-2-6-4-7(10)8(11)5-9(6)12/h4-5,13H,2-3H2,1H3. The van der Waals surface area contributed by atoms with Gasteiger partial charge in [0.15, 0.2) is 0 Å². The fourth-order valence-electron chi connectivity index (χ4n) is 1.02. The van der Waals surface area contributed by atoms with Gasteiger partial charge in [-0.15, -0.1) is 0 Å². The number of likely N-dealkylation sites (N-methyl/N-ethyl adjacent to an activating group) is 1. The molecule has 1 aromatic carbocycles. The van der Waals surface area contributed by atoms with E-state index in [1.54, 1.807) is 6.07 Å². The molecular formula is C9H10BrClFN. The van der Waals surface area contributed by atoms with Crippen LogP contribution in [0.15, 0.2) is 16.6 Å². The van der Waals surface area contributed by atoms with Gasteiger partial charge in [-0.1, -0.05) is 11.6 Å². The van der Waals surface area contributed by atoms with Crippen LogP contribution < -0.4 is 5.32 Å². The Morgan fingerprint density at radius 3 is 2.85 bits per heavy atom. The van der Waals surface area contributed by atoms with Crippen LogP contribution in [0.5, 0.6) is 0 Å². The second-order valence-electron chi connectivity index (χ2n) is 2.71. The van der Waals surface area contributed by atoms with Crippen LogP contribution >= 0.6 is 27.5 Å². The maximum absolute atomic E-state index is 13.2. The lowest BCUT2D eigenvalue weighted by molar-refractivity contribution is 0.604. The van der Waals surface area contributed by atoms with Gasteiger partial charge in [0.05, 0.1) is 5.02 Å². The molecule has 0 fully saturated rings. The molecular weight excluding hydrogens is 256 g/mol. The minimum atomic E-state index is -0.247. The van der Waals surface area contributed by atoms with Gasteiger partial charge in [0.2, 0.25) is 0 Å². The number of rotatable bonds is 3. The van der Waals surface area contributed by atoms with Crippen LogP contribution in [0, 0.1) is 5.82 Å². The first kappa shape index (κ1) is 11.0. The van der Waals surface area contributed by atoms with E-state index >= 15 is 0 Å². The Kier molecular flexibility index (Phi) is 4.16. The van der Waals surface area contributed by atoms with E-state index in [-0.39, 0.29) is 5.82 Å². The van der Waals surface area contributed by atoms with Crippen LogP contribution in [0.4, 0.5) is 4.39 Å². The molecule has 1 rings (SSSR count). The molecule has 0 saturated heterocycles. The molecule has 1 N–H and O–H groups in total. The summed E-state index contributed by atoms with van der Waals surface area (Å²) >= 11 is 8.97. The molecule has 72 valence electrons. The summed E-state index contributed by atoms with van der Waals surface area (Å²) in [6, 6.07) is 3.05. The maximum atomic E-state index is 13.2. The van der Waals surface area contributed by atoms with Crippen molar-refractivity contribution in [3.05, 3.63) is 33.0 Å². The molecule has 0 radical (unpaired) electrons. The first-order chi connectivity index (χ1) is 6.15. The first-order valence-electron chi connectivity index (χ1n) is 3.93. The molecule has 0 spiro atoms. The lowest BCUT2D eigenvalue weighted by Crippen LogP contribution is -2.11. The number of halogens is 3. The predicted octanol–water partition coefficient (Wildman–Crippen LogP) is 3.00. The lowest BCUT2D eigenvalue weighted by Gasteiger charge is -2.04. The summed E-state index contributed by atoms with van der Waals surface area (Å²) in [7, 11) is 1.84. The van der Waals surface area contributed by atoms with Crippen molar-refractivity contribution in [3.8, 4) is 0 Å². The van der Waals surface area contributed by atoms with Gasteiger partial charge in [0.1, 0.15) is 5.82 Å². The molecule has 0 bridgehead atoms. The zero-order valence-electron chi connectivity index (χ0n) is 7.20. The van der Waals surface area contributed by atoms with Crippen molar-refractivity contribution in [3.63, 3.8) is 0 Å². The molecule has 0 atom stereocenters. The van der Waals surface area contributed by atoms with Gasteiger partial charge in [-0.3, -0.25) is 0 Å². The summed E-state index contributed by atoms with van der Waals surface area (Å²) in [5.74, 6) is -0.247. The van der Waals surface area contributed by atoms with Crippen LogP contribution in [0.2, 0.25) is 5.02 Å². The van der Waals surface area contributed by atoms with Crippen LogP contribution in [-0.2, 0) is 6.42 Å². The van der Waals surface area contributed by atoms with Gasteiger partial charge in [-0.25, -0.2) is 4.39 Å². The monoisotopic (exact) mass is 265 g/mol. The molecule has 1 nitrogen and oxygen atoms in total.